The Labute approximate surface area is 87.7 Å². The Bertz CT molecular complexity index is 401. The van der Waals surface area contributed by atoms with Gasteiger partial charge in [-0.25, -0.2) is 9.69 Å². The summed E-state index contributed by atoms with van der Waals surface area (Å²) in [5, 5.41) is 0. The summed E-state index contributed by atoms with van der Waals surface area (Å²) in [7, 11) is 0. The van der Waals surface area contributed by atoms with Crippen LogP contribution in [0.3, 0.4) is 0 Å². The van der Waals surface area contributed by atoms with Crippen LogP contribution in [0, 0.1) is 0 Å². The standard InChI is InChI=1S/C11H11NO3/c1-2-14-11(13)12-7-8-15-10-6-4-3-5-9(10)12/h3-8H,2H2,1H3. The predicted molar refractivity (Wildman–Crippen MR) is 55.7 cm³/mol. The second kappa shape index (κ2) is 4.04. The number of para-hydroxylation sites is 2. The molecule has 2 rings (SSSR count). The predicted octanol–water partition coefficient (Wildman–Crippen LogP) is 2.51. The van der Waals surface area contributed by atoms with Crippen LogP contribution in [0.25, 0.3) is 0 Å². The summed E-state index contributed by atoms with van der Waals surface area (Å²) in [6.45, 7) is 2.13. The molecule has 0 unspecified atom stereocenters. The second-order valence-electron chi connectivity index (χ2n) is 2.94. The molecule has 0 radical (unpaired) electrons. The van der Waals surface area contributed by atoms with Gasteiger partial charge in [0.05, 0.1) is 18.5 Å². The molecule has 1 aromatic carbocycles. The number of rotatable bonds is 1. The number of hydrogen-bond acceptors (Lipinski definition) is 3. The molecule has 1 heterocycles. The number of carbonyl (C=O) groups is 1. The van der Waals surface area contributed by atoms with E-state index in [9.17, 15) is 4.79 Å². The van der Waals surface area contributed by atoms with Crippen LogP contribution < -0.4 is 9.64 Å². The molecule has 1 amide bonds. The number of fused-ring (bicyclic) bond motifs is 1. The minimum absolute atomic E-state index is 0.353. The van der Waals surface area contributed by atoms with Gasteiger partial charge in [-0.05, 0) is 19.1 Å². The van der Waals surface area contributed by atoms with Gasteiger partial charge in [-0.2, -0.15) is 0 Å². The fraction of sp³-hybridized carbons (Fsp3) is 0.182. The van der Waals surface area contributed by atoms with Crippen molar-refractivity contribution in [3.8, 4) is 5.75 Å². The van der Waals surface area contributed by atoms with Crippen molar-refractivity contribution in [1.29, 1.82) is 0 Å². The van der Waals surface area contributed by atoms with Crippen molar-refractivity contribution >= 4 is 11.8 Å². The lowest BCUT2D eigenvalue weighted by molar-refractivity contribution is 0.161. The molecule has 4 nitrogen and oxygen atoms in total. The Morgan fingerprint density at radius 1 is 1.47 bits per heavy atom. The first-order chi connectivity index (χ1) is 7.33. The van der Waals surface area contributed by atoms with Gasteiger partial charge in [-0.15, -0.1) is 0 Å². The summed E-state index contributed by atoms with van der Waals surface area (Å²) in [6.07, 6.45) is 2.60. The number of amides is 1. The fourth-order valence-electron chi connectivity index (χ4n) is 1.35. The molecule has 15 heavy (non-hydrogen) atoms. The Hall–Kier alpha value is -1.97. The van der Waals surface area contributed by atoms with E-state index in [2.05, 4.69) is 0 Å². The maximum atomic E-state index is 11.6. The summed E-state index contributed by atoms with van der Waals surface area (Å²) in [5.74, 6) is 0.646. The molecule has 0 N–H and O–H groups in total. The first-order valence-electron chi connectivity index (χ1n) is 4.71. The molecule has 0 saturated heterocycles. The van der Waals surface area contributed by atoms with Crippen LogP contribution in [0.4, 0.5) is 10.5 Å². The van der Waals surface area contributed by atoms with Gasteiger partial charge in [0.15, 0.2) is 5.75 Å². The highest BCUT2D eigenvalue weighted by Gasteiger charge is 2.20. The highest BCUT2D eigenvalue weighted by atomic mass is 16.6. The van der Waals surface area contributed by atoms with E-state index in [0.717, 1.165) is 0 Å². The summed E-state index contributed by atoms with van der Waals surface area (Å²) in [5.41, 5.74) is 0.693. The van der Waals surface area contributed by atoms with Crippen LogP contribution in [0.2, 0.25) is 0 Å². The maximum Gasteiger partial charge on any atom is 0.418 e. The minimum atomic E-state index is -0.399. The summed E-state index contributed by atoms with van der Waals surface area (Å²) >= 11 is 0. The molecule has 4 heteroatoms. The highest BCUT2D eigenvalue weighted by molar-refractivity contribution is 5.92. The van der Waals surface area contributed by atoms with Crippen LogP contribution in [0.15, 0.2) is 36.7 Å². The molecule has 0 spiro atoms. The van der Waals surface area contributed by atoms with E-state index >= 15 is 0 Å². The minimum Gasteiger partial charge on any atom is -0.461 e. The molecular weight excluding hydrogens is 194 g/mol. The number of ether oxygens (including phenoxy) is 2. The summed E-state index contributed by atoms with van der Waals surface area (Å²) < 4.78 is 10.2. The van der Waals surface area contributed by atoms with Crippen molar-refractivity contribution < 1.29 is 14.3 Å². The lowest BCUT2D eigenvalue weighted by Gasteiger charge is -2.23. The van der Waals surface area contributed by atoms with Crippen molar-refractivity contribution in [2.24, 2.45) is 0 Å². The van der Waals surface area contributed by atoms with Gasteiger partial charge in [-0.3, -0.25) is 0 Å². The number of benzene rings is 1. The van der Waals surface area contributed by atoms with E-state index in [-0.39, 0.29) is 0 Å². The first-order valence-corrected chi connectivity index (χ1v) is 4.71. The van der Waals surface area contributed by atoms with E-state index in [0.29, 0.717) is 18.0 Å². The van der Waals surface area contributed by atoms with Crippen molar-refractivity contribution in [3.63, 3.8) is 0 Å². The average molecular weight is 205 g/mol. The van der Waals surface area contributed by atoms with Crippen LogP contribution >= 0.6 is 0 Å². The van der Waals surface area contributed by atoms with E-state index in [1.807, 2.05) is 12.1 Å². The van der Waals surface area contributed by atoms with Gasteiger partial charge in [0.2, 0.25) is 0 Å². The van der Waals surface area contributed by atoms with Crippen molar-refractivity contribution in [3.05, 3.63) is 36.7 Å². The van der Waals surface area contributed by atoms with Crippen LogP contribution in [0.5, 0.6) is 5.75 Å². The second-order valence-corrected chi connectivity index (χ2v) is 2.94. The topological polar surface area (TPSA) is 38.8 Å². The molecular formula is C11H11NO3. The molecule has 0 atom stereocenters. The molecule has 1 aliphatic heterocycles. The Morgan fingerprint density at radius 2 is 2.27 bits per heavy atom. The fourth-order valence-corrected chi connectivity index (χ4v) is 1.35. The van der Waals surface area contributed by atoms with Crippen LogP contribution in [0.1, 0.15) is 6.92 Å². The Balaban J connectivity index is 2.30. The number of nitrogens with zero attached hydrogens (tertiary/aromatic N) is 1. The van der Waals surface area contributed by atoms with Gasteiger partial charge in [0.25, 0.3) is 0 Å². The average Bonchev–Trinajstić information content (AvgIpc) is 2.28. The van der Waals surface area contributed by atoms with Crippen molar-refractivity contribution in [2.45, 2.75) is 6.92 Å². The zero-order valence-corrected chi connectivity index (χ0v) is 8.34. The lowest BCUT2D eigenvalue weighted by Crippen LogP contribution is -2.28. The smallest absolute Gasteiger partial charge is 0.418 e. The quantitative estimate of drug-likeness (QED) is 0.707. The van der Waals surface area contributed by atoms with E-state index < -0.39 is 6.09 Å². The van der Waals surface area contributed by atoms with Crippen LogP contribution in [-0.4, -0.2) is 12.7 Å². The van der Waals surface area contributed by atoms with Crippen molar-refractivity contribution in [2.75, 3.05) is 11.5 Å². The van der Waals surface area contributed by atoms with Gasteiger partial charge in [-0.1, -0.05) is 12.1 Å². The normalized spacial score (nSPS) is 13.0. The molecule has 78 valence electrons. The van der Waals surface area contributed by atoms with Gasteiger partial charge in [0, 0.05) is 0 Å². The van der Waals surface area contributed by atoms with Gasteiger partial charge in [0.1, 0.15) is 6.26 Å². The number of carbonyl (C=O) groups excluding carboxylic acids is 1. The maximum absolute atomic E-state index is 11.6. The largest absolute Gasteiger partial charge is 0.461 e. The first kappa shape index (κ1) is 9.58. The van der Waals surface area contributed by atoms with Crippen LogP contribution in [-0.2, 0) is 4.74 Å². The Morgan fingerprint density at radius 3 is 3.07 bits per heavy atom. The zero-order chi connectivity index (χ0) is 10.7. The molecule has 1 aromatic rings. The third kappa shape index (κ3) is 1.79. The van der Waals surface area contributed by atoms with Gasteiger partial charge >= 0.3 is 6.09 Å². The lowest BCUT2D eigenvalue weighted by atomic mass is 10.2. The van der Waals surface area contributed by atoms with E-state index in [1.54, 1.807) is 25.3 Å². The molecule has 0 bridgehead atoms. The summed E-state index contributed by atoms with van der Waals surface area (Å²) in [6, 6.07) is 7.29. The Kier molecular flexibility index (Phi) is 2.58. The van der Waals surface area contributed by atoms with E-state index in [4.69, 9.17) is 9.47 Å². The molecule has 1 aliphatic rings. The SMILES string of the molecule is CCOC(=O)N1C=COc2ccccc21. The molecule has 0 aliphatic carbocycles. The zero-order valence-electron chi connectivity index (χ0n) is 8.34. The van der Waals surface area contributed by atoms with Gasteiger partial charge < -0.3 is 9.47 Å². The monoisotopic (exact) mass is 205 g/mol. The molecule has 0 saturated carbocycles. The molecule has 0 fully saturated rings. The highest BCUT2D eigenvalue weighted by Crippen LogP contribution is 2.31. The third-order valence-corrected chi connectivity index (χ3v) is 1.99. The summed E-state index contributed by atoms with van der Waals surface area (Å²) in [4.78, 5) is 13.0. The molecule has 0 aromatic heterocycles. The van der Waals surface area contributed by atoms with E-state index in [1.165, 1.54) is 11.2 Å². The van der Waals surface area contributed by atoms with Crippen molar-refractivity contribution in [1.82, 2.24) is 0 Å². The number of hydrogen-bond donors (Lipinski definition) is 0. The number of anilines is 1. The third-order valence-electron chi connectivity index (χ3n) is 1.99.